The molecule has 0 spiro atoms. The van der Waals surface area contributed by atoms with Crippen LogP contribution >= 0.6 is 0 Å². The van der Waals surface area contributed by atoms with Gasteiger partial charge in [0.15, 0.2) is 18.6 Å². The van der Waals surface area contributed by atoms with E-state index in [1.54, 1.807) is 0 Å². The summed E-state index contributed by atoms with van der Waals surface area (Å²) in [7, 11) is 0. The molecule has 29 heavy (non-hydrogen) atoms. The van der Waals surface area contributed by atoms with Crippen LogP contribution in [0.4, 0.5) is 11.5 Å². The average Bonchev–Trinajstić information content (AvgIpc) is 2.62. The number of benzene rings is 1. The van der Waals surface area contributed by atoms with Crippen LogP contribution in [0.1, 0.15) is 59.9 Å². The number of hydrogen-bond donors (Lipinski definition) is 1. The Morgan fingerprint density at radius 3 is 2.45 bits per heavy atom. The molecule has 1 heterocycles. The number of hydrogen-bond acceptors (Lipinski definition) is 3. The highest BCUT2D eigenvalue weighted by atomic mass is 15.1. The van der Waals surface area contributed by atoms with Crippen LogP contribution in [0.5, 0.6) is 0 Å². The Morgan fingerprint density at radius 1 is 1.07 bits per heavy atom. The molecule has 4 heteroatoms. The molecule has 0 aliphatic carbocycles. The molecular weight excluding hydrogens is 356 g/mol. The lowest BCUT2D eigenvalue weighted by atomic mass is 9.88. The maximum absolute atomic E-state index is 4.49. The Hall–Kier alpha value is -2.10. The van der Waals surface area contributed by atoms with Crippen LogP contribution in [0.15, 0.2) is 42.9 Å². The van der Waals surface area contributed by atoms with Crippen molar-refractivity contribution >= 4 is 11.5 Å². The zero-order valence-corrected chi connectivity index (χ0v) is 19.6. The van der Waals surface area contributed by atoms with Crippen LogP contribution in [0.25, 0.3) is 0 Å². The van der Waals surface area contributed by atoms with Crippen molar-refractivity contribution in [2.75, 3.05) is 29.9 Å². The first kappa shape index (κ1) is 23.2. The van der Waals surface area contributed by atoms with Crippen LogP contribution in [0.2, 0.25) is 0 Å². The first-order valence-electron chi connectivity index (χ1n) is 11.0. The molecule has 1 N–H and O–H groups in total. The second-order valence-electron chi connectivity index (χ2n) is 10.1. The van der Waals surface area contributed by atoms with Gasteiger partial charge < -0.3 is 10.2 Å². The van der Waals surface area contributed by atoms with Crippen LogP contribution in [0.3, 0.4) is 0 Å². The SMILES string of the molecule is CCN(CCC(C)(C)C[n+]1ccnc(NCCC(C)(C)C)c1)c1ccccc1C. The van der Waals surface area contributed by atoms with Gasteiger partial charge in [0.2, 0.25) is 6.20 Å². The van der Waals surface area contributed by atoms with Gasteiger partial charge >= 0.3 is 0 Å². The highest BCUT2D eigenvalue weighted by Crippen LogP contribution is 2.25. The minimum absolute atomic E-state index is 0.199. The van der Waals surface area contributed by atoms with Gasteiger partial charge in [-0.25, -0.2) is 4.98 Å². The van der Waals surface area contributed by atoms with Gasteiger partial charge in [-0.2, -0.15) is 4.57 Å². The van der Waals surface area contributed by atoms with Crippen LogP contribution < -0.4 is 14.8 Å². The molecule has 0 radical (unpaired) electrons. The molecule has 1 aromatic heterocycles. The first-order chi connectivity index (χ1) is 13.6. The van der Waals surface area contributed by atoms with Crippen molar-refractivity contribution in [2.24, 2.45) is 10.8 Å². The van der Waals surface area contributed by atoms with Gasteiger partial charge in [-0.1, -0.05) is 52.8 Å². The van der Waals surface area contributed by atoms with Gasteiger partial charge in [0.25, 0.3) is 0 Å². The Balaban J connectivity index is 1.94. The lowest BCUT2D eigenvalue weighted by Gasteiger charge is -2.29. The molecule has 2 rings (SSSR count). The number of aromatic nitrogens is 2. The molecule has 0 aliphatic rings. The standard InChI is InChI=1S/C25H41N4/c1-8-29(22-12-10-9-11-21(22)2)17-14-25(6,7)20-28-18-16-27-23(19-28)26-15-13-24(3,4)5/h9-12,16,18-19H,8,13-15,17,20H2,1-7H3,(H,26,27)/q+1. The molecule has 0 aliphatic heterocycles. The Labute approximate surface area is 178 Å². The summed E-state index contributed by atoms with van der Waals surface area (Å²) in [6.07, 6.45) is 8.39. The van der Waals surface area contributed by atoms with Crippen molar-refractivity contribution < 1.29 is 4.57 Å². The number of nitrogens with one attached hydrogen (secondary N) is 1. The molecule has 4 nitrogen and oxygen atoms in total. The van der Waals surface area contributed by atoms with Gasteiger partial charge in [0.1, 0.15) is 0 Å². The fraction of sp³-hybridized carbons (Fsp3) is 0.600. The number of rotatable bonds is 10. The van der Waals surface area contributed by atoms with Crippen molar-refractivity contribution in [1.29, 1.82) is 0 Å². The topological polar surface area (TPSA) is 32.0 Å². The number of nitrogens with zero attached hydrogens (tertiary/aromatic N) is 3. The zero-order valence-electron chi connectivity index (χ0n) is 19.6. The minimum atomic E-state index is 0.199. The average molecular weight is 398 g/mol. The van der Waals surface area contributed by atoms with E-state index in [0.717, 1.165) is 44.8 Å². The van der Waals surface area contributed by atoms with Crippen molar-refractivity contribution in [2.45, 2.75) is 67.9 Å². The third-order valence-corrected chi connectivity index (χ3v) is 5.45. The normalized spacial score (nSPS) is 12.1. The number of para-hydroxylation sites is 1. The second-order valence-corrected chi connectivity index (χ2v) is 10.1. The summed E-state index contributed by atoms with van der Waals surface area (Å²) in [4.78, 5) is 6.98. The lowest BCUT2D eigenvalue weighted by Crippen LogP contribution is -2.42. The van der Waals surface area contributed by atoms with Gasteiger partial charge in [-0.3, -0.25) is 0 Å². The highest BCUT2D eigenvalue weighted by Gasteiger charge is 2.25. The predicted octanol–water partition coefficient (Wildman–Crippen LogP) is 5.47. The van der Waals surface area contributed by atoms with Gasteiger partial charge in [0, 0.05) is 30.7 Å². The van der Waals surface area contributed by atoms with E-state index in [9.17, 15) is 0 Å². The van der Waals surface area contributed by atoms with Crippen LogP contribution in [-0.4, -0.2) is 24.6 Å². The Morgan fingerprint density at radius 2 is 1.79 bits per heavy atom. The van der Waals surface area contributed by atoms with E-state index in [-0.39, 0.29) is 5.41 Å². The smallest absolute Gasteiger partial charge is 0.211 e. The molecular formula is C25H41N4+. The maximum Gasteiger partial charge on any atom is 0.211 e. The van der Waals surface area contributed by atoms with Crippen molar-refractivity contribution in [3.05, 3.63) is 48.4 Å². The molecule has 1 aromatic carbocycles. The monoisotopic (exact) mass is 397 g/mol. The third-order valence-electron chi connectivity index (χ3n) is 5.45. The first-order valence-corrected chi connectivity index (χ1v) is 11.0. The third kappa shape index (κ3) is 8.04. The Bertz CT molecular complexity index is 761. The van der Waals surface area contributed by atoms with E-state index in [2.05, 4.69) is 105 Å². The van der Waals surface area contributed by atoms with Crippen molar-refractivity contribution in [3.63, 3.8) is 0 Å². The quantitative estimate of drug-likeness (QED) is 0.540. The summed E-state index contributed by atoms with van der Waals surface area (Å²) in [5.41, 5.74) is 3.24. The molecule has 0 amide bonds. The summed E-state index contributed by atoms with van der Waals surface area (Å²) < 4.78 is 2.27. The molecule has 160 valence electrons. The molecule has 0 bridgehead atoms. The number of aryl methyl sites for hydroxylation is 1. The molecule has 0 unspecified atom stereocenters. The van der Waals surface area contributed by atoms with E-state index in [1.807, 2.05) is 6.20 Å². The Kier molecular flexibility index (Phi) is 8.06. The maximum atomic E-state index is 4.49. The summed E-state index contributed by atoms with van der Waals surface area (Å²) >= 11 is 0. The molecule has 0 saturated heterocycles. The number of anilines is 2. The van der Waals surface area contributed by atoms with E-state index in [1.165, 1.54) is 11.3 Å². The highest BCUT2D eigenvalue weighted by molar-refractivity contribution is 5.52. The van der Waals surface area contributed by atoms with Gasteiger partial charge in [0.05, 0.1) is 6.20 Å². The fourth-order valence-corrected chi connectivity index (χ4v) is 3.57. The van der Waals surface area contributed by atoms with Crippen LogP contribution in [-0.2, 0) is 6.54 Å². The summed E-state index contributed by atoms with van der Waals surface area (Å²) in [5, 5.41) is 3.47. The lowest BCUT2D eigenvalue weighted by molar-refractivity contribution is -0.708. The van der Waals surface area contributed by atoms with Crippen LogP contribution in [0, 0.1) is 17.8 Å². The van der Waals surface area contributed by atoms with Gasteiger partial charge in [-0.15, -0.1) is 0 Å². The van der Waals surface area contributed by atoms with Crippen molar-refractivity contribution in [1.82, 2.24) is 4.98 Å². The minimum Gasteiger partial charge on any atom is -0.372 e. The molecule has 2 aromatic rings. The molecule has 0 fully saturated rings. The summed E-state index contributed by atoms with van der Waals surface area (Å²) in [5.74, 6) is 0.961. The zero-order chi connectivity index (χ0) is 21.5. The summed E-state index contributed by atoms with van der Waals surface area (Å²) in [6, 6.07) is 8.68. The second kappa shape index (κ2) is 10.1. The van der Waals surface area contributed by atoms with E-state index < -0.39 is 0 Å². The summed E-state index contributed by atoms with van der Waals surface area (Å²) in [6.45, 7) is 20.0. The van der Waals surface area contributed by atoms with E-state index in [0.29, 0.717) is 5.41 Å². The van der Waals surface area contributed by atoms with Gasteiger partial charge in [-0.05, 0) is 43.7 Å². The van der Waals surface area contributed by atoms with Crippen molar-refractivity contribution in [3.8, 4) is 0 Å². The van der Waals surface area contributed by atoms with E-state index >= 15 is 0 Å². The fourth-order valence-electron chi connectivity index (χ4n) is 3.57. The predicted molar refractivity (Wildman–Crippen MR) is 124 cm³/mol. The molecule has 0 atom stereocenters. The largest absolute Gasteiger partial charge is 0.372 e. The van der Waals surface area contributed by atoms with E-state index in [4.69, 9.17) is 0 Å². The molecule has 0 saturated carbocycles.